The highest BCUT2D eigenvalue weighted by atomic mass is 32.2. The van der Waals surface area contributed by atoms with Crippen LogP contribution in [0.25, 0.3) is 0 Å². The zero-order valence-electron chi connectivity index (χ0n) is 11.4. The molecule has 1 aromatic carbocycles. The summed E-state index contributed by atoms with van der Waals surface area (Å²) in [4.78, 5) is 12.4. The molecule has 1 saturated carbocycles. The summed E-state index contributed by atoms with van der Waals surface area (Å²) in [6.45, 7) is 3.80. The number of nitrogens with one attached hydrogen (secondary N) is 1. The fourth-order valence-corrected chi connectivity index (χ4v) is 2.72. The topological polar surface area (TPSA) is 63.2 Å². The number of aryl methyl sites for hydroxylation is 1. The summed E-state index contributed by atoms with van der Waals surface area (Å²) in [5, 5.41) is 2.94. The van der Waals surface area contributed by atoms with Crippen molar-refractivity contribution in [3.05, 3.63) is 29.3 Å². The van der Waals surface area contributed by atoms with Crippen LogP contribution in [0.5, 0.6) is 0 Å². The molecule has 1 aliphatic rings. The lowest BCUT2D eigenvalue weighted by atomic mass is 10.1. The van der Waals surface area contributed by atoms with E-state index in [2.05, 4.69) is 5.32 Å². The van der Waals surface area contributed by atoms with Gasteiger partial charge in [-0.15, -0.1) is 0 Å². The summed E-state index contributed by atoms with van der Waals surface area (Å²) in [7, 11) is -3.29. The molecule has 0 bridgehead atoms. The monoisotopic (exact) mass is 281 g/mol. The van der Waals surface area contributed by atoms with Gasteiger partial charge in [0.2, 0.25) is 0 Å². The molecule has 4 nitrogen and oxygen atoms in total. The Hall–Kier alpha value is -1.36. The van der Waals surface area contributed by atoms with Gasteiger partial charge in [0, 0.05) is 17.9 Å². The van der Waals surface area contributed by atoms with Crippen LogP contribution in [0.15, 0.2) is 23.1 Å². The SMILES string of the molecule is Cc1ccc(S(C)(=O)=O)cc1C(=O)NC(C)C1CC1. The van der Waals surface area contributed by atoms with E-state index < -0.39 is 9.84 Å². The normalized spacial score (nSPS) is 17.0. The van der Waals surface area contributed by atoms with Crippen LogP contribution in [-0.2, 0) is 9.84 Å². The highest BCUT2D eigenvalue weighted by Crippen LogP contribution is 2.32. The summed E-state index contributed by atoms with van der Waals surface area (Å²) in [6, 6.07) is 4.81. The Labute approximate surface area is 114 Å². The average molecular weight is 281 g/mol. The highest BCUT2D eigenvalue weighted by molar-refractivity contribution is 7.90. The number of rotatable bonds is 4. The van der Waals surface area contributed by atoms with Gasteiger partial charge in [-0.2, -0.15) is 0 Å². The molecule has 1 aromatic rings. The zero-order chi connectivity index (χ0) is 14.2. The number of sulfone groups is 1. The van der Waals surface area contributed by atoms with E-state index in [1.807, 2.05) is 13.8 Å². The van der Waals surface area contributed by atoms with E-state index in [1.54, 1.807) is 6.07 Å². The second-order valence-corrected chi connectivity index (χ2v) is 7.36. The van der Waals surface area contributed by atoms with E-state index in [4.69, 9.17) is 0 Å². The zero-order valence-corrected chi connectivity index (χ0v) is 12.3. The standard InChI is InChI=1S/C14H19NO3S/c1-9-4-7-12(19(3,17)18)8-13(9)14(16)15-10(2)11-5-6-11/h4,7-8,10-11H,5-6H2,1-3H3,(H,15,16). The third-order valence-electron chi connectivity index (χ3n) is 3.57. The number of benzene rings is 1. The van der Waals surface area contributed by atoms with Gasteiger partial charge in [-0.25, -0.2) is 8.42 Å². The smallest absolute Gasteiger partial charge is 0.251 e. The molecule has 0 heterocycles. The molecular formula is C14H19NO3S. The molecule has 1 aliphatic carbocycles. The number of carbonyl (C=O) groups is 1. The van der Waals surface area contributed by atoms with Crippen molar-refractivity contribution in [2.45, 2.75) is 37.6 Å². The maximum absolute atomic E-state index is 12.2. The number of hydrogen-bond acceptors (Lipinski definition) is 3. The molecule has 104 valence electrons. The minimum atomic E-state index is -3.29. The van der Waals surface area contributed by atoms with Gasteiger partial charge in [-0.3, -0.25) is 4.79 Å². The molecule has 1 N–H and O–H groups in total. The Morgan fingerprint density at radius 2 is 2.00 bits per heavy atom. The van der Waals surface area contributed by atoms with Crippen molar-refractivity contribution >= 4 is 15.7 Å². The first-order valence-electron chi connectivity index (χ1n) is 6.40. The summed E-state index contributed by atoms with van der Waals surface area (Å²) in [6.07, 6.45) is 3.46. The number of amides is 1. The van der Waals surface area contributed by atoms with Crippen LogP contribution in [0.2, 0.25) is 0 Å². The van der Waals surface area contributed by atoms with E-state index >= 15 is 0 Å². The fraction of sp³-hybridized carbons (Fsp3) is 0.500. The Morgan fingerprint density at radius 1 is 1.37 bits per heavy atom. The van der Waals surface area contributed by atoms with E-state index in [0.29, 0.717) is 11.5 Å². The van der Waals surface area contributed by atoms with E-state index in [-0.39, 0.29) is 16.8 Å². The largest absolute Gasteiger partial charge is 0.349 e. The van der Waals surface area contributed by atoms with Gasteiger partial charge in [0.1, 0.15) is 0 Å². The lowest BCUT2D eigenvalue weighted by Crippen LogP contribution is -2.34. The van der Waals surface area contributed by atoms with Crippen molar-refractivity contribution in [2.75, 3.05) is 6.26 Å². The van der Waals surface area contributed by atoms with Crippen LogP contribution in [0.3, 0.4) is 0 Å². The van der Waals surface area contributed by atoms with Crippen LogP contribution < -0.4 is 5.32 Å². The van der Waals surface area contributed by atoms with Gasteiger partial charge >= 0.3 is 0 Å². The second kappa shape index (κ2) is 4.96. The molecule has 1 unspecified atom stereocenters. The molecule has 0 aromatic heterocycles. The van der Waals surface area contributed by atoms with Crippen LogP contribution in [0, 0.1) is 12.8 Å². The maximum atomic E-state index is 12.2. The minimum absolute atomic E-state index is 0.147. The molecule has 1 amide bonds. The first-order valence-corrected chi connectivity index (χ1v) is 8.30. The Morgan fingerprint density at radius 3 is 2.53 bits per heavy atom. The molecule has 19 heavy (non-hydrogen) atoms. The third kappa shape index (κ3) is 3.35. The van der Waals surface area contributed by atoms with Crippen LogP contribution in [0.1, 0.15) is 35.7 Å². The molecule has 0 radical (unpaired) electrons. The molecule has 0 spiro atoms. The predicted octanol–water partition coefficient (Wildman–Crippen LogP) is 1.93. The Bertz CT molecular complexity index is 603. The van der Waals surface area contributed by atoms with Gasteiger partial charge in [-0.1, -0.05) is 6.07 Å². The third-order valence-corrected chi connectivity index (χ3v) is 4.68. The van der Waals surface area contributed by atoms with Gasteiger partial charge in [0.15, 0.2) is 9.84 Å². The van der Waals surface area contributed by atoms with Crippen LogP contribution >= 0.6 is 0 Å². The van der Waals surface area contributed by atoms with Crippen LogP contribution in [-0.4, -0.2) is 26.6 Å². The Balaban J connectivity index is 2.25. The number of carbonyl (C=O) groups excluding carboxylic acids is 1. The number of hydrogen-bond donors (Lipinski definition) is 1. The summed E-state index contributed by atoms with van der Waals surface area (Å²) >= 11 is 0. The average Bonchev–Trinajstić information content (AvgIpc) is 3.11. The maximum Gasteiger partial charge on any atom is 0.251 e. The van der Waals surface area contributed by atoms with Crippen molar-refractivity contribution in [1.82, 2.24) is 5.32 Å². The van der Waals surface area contributed by atoms with Crippen molar-refractivity contribution in [3.8, 4) is 0 Å². The van der Waals surface area contributed by atoms with Crippen molar-refractivity contribution < 1.29 is 13.2 Å². The van der Waals surface area contributed by atoms with Gasteiger partial charge in [0.25, 0.3) is 5.91 Å². The Kier molecular flexibility index (Phi) is 3.67. The van der Waals surface area contributed by atoms with Gasteiger partial charge < -0.3 is 5.32 Å². The summed E-state index contributed by atoms with van der Waals surface area (Å²) in [5.41, 5.74) is 1.23. The van der Waals surface area contributed by atoms with Crippen molar-refractivity contribution in [2.24, 2.45) is 5.92 Å². The first kappa shape index (κ1) is 14.1. The van der Waals surface area contributed by atoms with E-state index in [1.165, 1.54) is 12.1 Å². The summed E-state index contributed by atoms with van der Waals surface area (Å²) < 4.78 is 23.1. The molecule has 2 rings (SSSR count). The van der Waals surface area contributed by atoms with Gasteiger partial charge in [-0.05, 0) is 50.3 Å². The molecule has 5 heteroatoms. The second-order valence-electron chi connectivity index (χ2n) is 5.35. The van der Waals surface area contributed by atoms with Crippen molar-refractivity contribution in [1.29, 1.82) is 0 Å². The lowest BCUT2D eigenvalue weighted by Gasteiger charge is -2.14. The molecule has 0 saturated heterocycles. The molecule has 0 aliphatic heterocycles. The lowest BCUT2D eigenvalue weighted by molar-refractivity contribution is 0.0935. The minimum Gasteiger partial charge on any atom is -0.349 e. The van der Waals surface area contributed by atoms with Gasteiger partial charge in [0.05, 0.1) is 4.90 Å². The highest BCUT2D eigenvalue weighted by Gasteiger charge is 2.29. The molecular weight excluding hydrogens is 262 g/mol. The predicted molar refractivity (Wildman–Crippen MR) is 73.9 cm³/mol. The van der Waals surface area contributed by atoms with Crippen LogP contribution in [0.4, 0.5) is 0 Å². The molecule has 1 atom stereocenters. The van der Waals surface area contributed by atoms with Crippen molar-refractivity contribution in [3.63, 3.8) is 0 Å². The quantitative estimate of drug-likeness (QED) is 0.917. The summed E-state index contributed by atoms with van der Waals surface area (Å²) in [5.74, 6) is 0.379. The first-order chi connectivity index (χ1) is 8.79. The van der Waals surface area contributed by atoms with E-state index in [9.17, 15) is 13.2 Å². The molecule has 1 fully saturated rings. The fourth-order valence-electron chi connectivity index (χ4n) is 2.07. The van der Waals surface area contributed by atoms with E-state index in [0.717, 1.165) is 24.7 Å².